The number of aromatic nitrogens is 2. The van der Waals surface area contributed by atoms with Crippen LogP contribution in [-0.2, 0) is 26.2 Å². The molecule has 1 aromatic heterocycles. The standard InChI is InChI=1S/C18H16N2Si.2ClH.Zr/c1-11-12(2)20-18(19-11)21-17-15-9-5-3-7-13(15)14-8-4-6-10-16(14)17;;;/h3-10,17H,1-2H3,(H,19,20);2*1H;/q;;;+2/p-2. The van der Waals surface area contributed by atoms with Crippen LogP contribution in [0.3, 0.4) is 0 Å². The van der Waals surface area contributed by atoms with Gasteiger partial charge in [0.15, 0.2) is 0 Å². The van der Waals surface area contributed by atoms with Gasteiger partial charge in [0.1, 0.15) is 9.52 Å². The van der Waals surface area contributed by atoms with Crippen LogP contribution in [0.25, 0.3) is 11.1 Å². The van der Waals surface area contributed by atoms with Crippen molar-refractivity contribution in [3.05, 3.63) is 71.0 Å². The minimum atomic E-state index is 0. The number of hydrogen-bond acceptors (Lipinski definition) is 1. The summed E-state index contributed by atoms with van der Waals surface area (Å²) < 4.78 is 0. The first-order valence-corrected chi connectivity index (χ1v) is 8.30. The average molecular weight is 451 g/mol. The van der Waals surface area contributed by atoms with Crippen LogP contribution in [0.2, 0.25) is 0 Å². The molecule has 2 radical (unpaired) electrons. The van der Waals surface area contributed by atoms with Crippen molar-refractivity contribution in [1.29, 1.82) is 0 Å². The summed E-state index contributed by atoms with van der Waals surface area (Å²) in [6, 6.07) is 17.5. The largest absolute Gasteiger partial charge is 2.00 e. The molecule has 120 valence electrons. The van der Waals surface area contributed by atoms with E-state index in [-0.39, 0.29) is 51.0 Å². The number of imidazole rings is 1. The third-order valence-corrected chi connectivity index (χ3v) is 5.66. The molecule has 0 spiro atoms. The van der Waals surface area contributed by atoms with Gasteiger partial charge in [-0.05, 0) is 36.1 Å². The quantitative estimate of drug-likeness (QED) is 0.418. The van der Waals surface area contributed by atoms with Crippen molar-refractivity contribution in [3.63, 3.8) is 0 Å². The van der Waals surface area contributed by atoms with E-state index in [1.807, 2.05) is 0 Å². The van der Waals surface area contributed by atoms with E-state index >= 15 is 0 Å². The average Bonchev–Trinajstić information content (AvgIpc) is 2.99. The maximum absolute atomic E-state index is 4.68. The van der Waals surface area contributed by atoms with Crippen LogP contribution in [0.15, 0.2) is 48.5 Å². The van der Waals surface area contributed by atoms with Gasteiger partial charge in [0.05, 0.1) is 11.1 Å². The van der Waals surface area contributed by atoms with Gasteiger partial charge >= 0.3 is 26.2 Å². The molecule has 4 rings (SSSR count). The summed E-state index contributed by atoms with van der Waals surface area (Å²) in [7, 11) is 0.643. The molecule has 2 aromatic carbocycles. The minimum absolute atomic E-state index is 0. The molecular weight excluding hydrogens is 434 g/mol. The Balaban J connectivity index is 0.000000960. The summed E-state index contributed by atoms with van der Waals surface area (Å²) in [6.45, 7) is 4.16. The van der Waals surface area contributed by atoms with Crippen molar-refractivity contribution >= 4 is 15.0 Å². The second-order valence-electron chi connectivity index (χ2n) is 5.55. The minimum Gasteiger partial charge on any atom is -1.00 e. The van der Waals surface area contributed by atoms with Gasteiger partial charge in [0.25, 0.3) is 0 Å². The fraction of sp³-hybridized carbons (Fsp3) is 0.167. The van der Waals surface area contributed by atoms with Crippen LogP contribution < -0.4 is 30.3 Å². The van der Waals surface area contributed by atoms with Crippen molar-refractivity contribution in [3.8, 4) is 11.1 Å². The van der Waals surface area contributed by atoms with E-state index in [0.29, 0.717) is 15.1 Å². The van der Waals surface area contributed by atoms with Gasteiger partial charge in [-0.15, -0.1) is 0 Å². The Hall–Kier alpha value is -0.670. The Kier molecular flexibility index (Phi) is 7.68. The zero-order chi connectivity index (χ0) is 14.4. The topological polar surface area (TPSA) is 28.7 Å². The molecule has 0 amide bonds. The summed E-state index contributed by atoms with van der Waals surface area (Å²) in [5.74, 6) is 0. The third-order valence-electron chi connectivity index (χ3n) is 4.24. The molecule has 0 atom stereocenters. The fourth-order valence-corrected chi connectivity index (χ4v) is 4.64. The predicted octanol–water partition coefficient (Wildman–Crippen LogP) is -2.87. The predicted molar refractivity (Wildman–Crippen MR) is 87.2 cm³/mol. The number of fused-ring (bicyclic) bond motifs is 3. The van der Waals surface area contributed by atoms with Crippen molar-refractivity contribution in [2.45, 2.75) is 19.4 Å². The number of nitrogens with zero attached hydrogens (tertiary/aromatic N) is 1. The first-order valence-electron chi connectivity index (χ1n) is 7.22. The Morgan fingerprint density at radius 2 is 1.38 bits per heavy atom. The van der Waals surface area contributed by atoms with Gasteiger partial charge < -0.3 is 29.8 Å². The number of aromatic amines is 1. The van der Waals surface area contributed by atoms with E-state index < -0.39 is 0 Å². The van der Waals surface area contributed by atoms with Crippen molar-refractivity contribution in [1.82, 2.24) is 9.97 Å². The summed E-state index contributed by atoms with van der Waals surface area (Å²) >= 11 is 0. The zero-order valence-electron chi connectivity index (χ0n) is 13.4. The molecule has 1 aliphatic carbocycles. The van der Waals surface area contributed by atoms with E-state index in [0.717, 1.165) is 11.1 Å². The first kappa shape index (κ1) is 21.4. The molecule has 3 aromatic rings. The number of nitrogens with one attached hydrogen (secondary N) is 1. The molecule has 0 saturated heterocycles. The van der Waals surface area contributed by atoms with Gasteiger partial charge in [-0.25, -0.2) is 4.98 Å². The van der Waals surface area contributed by atoms with E-state index in [1.54, 1.807) is 0 Å². The number of H-pyrrole nitrogens is 1. The van der Waals surface area contributed by atoms with Gasteiger partial charge in [0.2, 0.25) is 0 Å². The summed E-state index contributed by atoms with van der Waals surface area (Å²) in [6.07, 6.45) is 0. The van der Waals surface area contributed by atoms with E-state index in [4.69, 9.17) is 0 Å². The number of rotatable bonds is 2. The Bertz CT molecular complexity index is 770. The second kappa shape index (κ2) is 8.62. The Morgan fingerprint density at radius 3 is 1.83 bits per heavy atom. The van der Waals surface area contributed by atoms with Crippen LogP contribution in [0.4, 0.5) is 0 Å². The molecular formula is C18H16Cl2N2SiZr. The summed E-state index contributed by atoms with van der Waals surface area (Å²) in [4.78, 5) is 8.11. The van der Waals surface area contributed by atoms with E-state index in [2.05, 4.69) is 72.3 Å². The Labute approximate surface area is 176 Å². The normalized spacial score (nSPS) is 11.6. The summed E-state index contributed by atoms with van der Waals surface area (Å²) in [5, 5.41) is 0. The van der Waals surface area contributed by atoms with Crippen molar-refractivity contribution in [2.75, 3.05) is 0 Å². The first-order chi connectivity index (χ1) is 10.2. The van der Waals surface area contributed by atoms with Gasteiger partial charge in [0, 0.05) is 11.2 Å². The molecule has 6 heteroatoms. The maximum Gasteiger partial charge on any atom is 2.00 e. The van der Waals surface area contributed by atoms with Gasteiger partial charge in [-0.1, -0.05) is 48.5 Å². The summed E-state index contributed by atoms with van der Waals surface area (Å²) in [5.41, 5.74) is 9.46. The van der Waals surface area contributed by atoms with Crippen LogP contribution in [0.1, 0.15) is 28.1 Å². The van der Waals surface area contributed by atoms with Crippen LogP contribution in [-0.4, -0.2) is 19.5 Å². The molecule has 1 aliphatic rings. The molecule has 0 unspecified atom stereocenters. The fourth-order valence-electron chi connectivity index (χ4n) is 3.06. The monoisotopic (exact) mass is 448 g/mol. The zero-order valence-corrected chi connectivity index (χ0v) is 18.4. The molecule has 0 aliphatic heterocycles. The van der Waals surface area contributed by atoms with E-state index in [1.165, 1.54) is 27.9 Å². The number of hydrogen-bond donors (Lipinski definition) is 1. The van der Waals surface area contributed by atoms with Crippen LogP contribution >= 0.6 is 0 Å². The van der Waals surface area contributed by atoms with Crippen LogP contribution in [0.5, 0.6) is 0 Å². The molecule has 0 bridgehead atoms. The Morgan fingerprint density at radius 1 is 0.875 bits per heavy atom. The maximum atomic E-state index is 4.68. The van der Waals surface area contributed by atoms with Crippen molar-refractivity contribution < 1.29 is 51.0 Å². The van der Waals surface area contributed by atoms with Crippen molar-refractivity contribution in [2.24, 2.45) is 0 Å². The SMILES string of the molecule is Cc1nc([Si]C2c3ccccc3-c3ccccc32)[nH]c1C.[Cl-].[Cl-].[Zr+2]. The molecule has 0 fully saturated rings. The third kappa shape index (κ3) is 3.62. The second-order valence-corrected chi connectivity index (χ2v) is 6.89. The number of benzene rings is 2. The molecule has 2 nitrogen and oxygen atoms in total. The molecule has 1 heterocycles. The smallest absolute Gasteiger partial charge is 1.00 e. The van der Waals surface area contributed by atoms with E-state index in [9.17, 15) is 0 Å². The molecule has 0 saturated carbocycles. The molecule has 1 N–H and O–H groups in total. The van der Waals surface area contributed by atoms with Gasteiger partial charge in [-0.3, -0.25) is 0 Å². The van der Waals surface area contributed by atoms with Crippen LogP contribution in [0, 0.1) is 13.8 Å². The number of halogens is 2. The van der Waals surface area contributed by atoms with Gasteiger partial charge in [-0.2, -0.15) is 0 Å². The number of aryl methyl sites for hydroxylation is 2. The molecule has 24 heavy (non-hydrogen) atoms.